The maximum Gasteiger partial charge on any atom is 0.326 e. The van der Waals surface area contributed by atoms with Gasteiger partial charge in [-0.3, -0.25) is 9.59 Å². The summed E-state index contributed by atoms with van der Waals surface area (Å²) in [6, 6.07) is -0.954. The lowest BCUT2D eigenvalue weighted by atomic mass is 9.81. The molecule has 3 N–H and O–H groups in total. The molecule has 1 fully saturated rings. The van der Waals surface area contributed by atoms with Gasteiger partial charge in [0.05, 0.1) is 6.42 Å². The summed E-state index contributed by atoms with van der Waals surface area (Å²) in [4.78, 5) is 34.7. The molecule has 0 aliphatic heterocycles. The van der Waals surface area contributed by atoms with Gasteiger partial charge < -0.3 is 15.5 Å². The van der Waals surface area contributed by atoms with Gasteiger partial charge in [-0.1, -0.05) is 46.0 Å². The Morgan fingerprint density at radius 3 is 2.17 bits per heavy atom. The zero-order valence-corrected chi connectivity index (χ0v) is 14.1. The smallest absolute Gasteiger partial charge is 0.326 e. The first-order valence-corrected chi connectivity index (χ1v) is 8.54. The third-order valence-corrected chi connectivity index (χ3v) is 4.46. The van der Waals surface area contributed by atoms with Crippen LogP contribution in [0.4, 0.5) is 0 Å². The average Bonchev–Trinajstić information content (AvgIpc) is 2.45. The molecule has 0 spiro atoms. The SMILES string of the molecule is CC(C)C[C@H](NC(=O)C(CC(=O)O)CC1CCCCC1)C(=O)O. The van der Waals surface area contributed by atoms with E-state index in [1.54, 1.807) is 0 Å². The van der Waals surface area contributed by atoms with Gasteiger partial charge in [-0.15, -0.1) is 0 Å². The van der Waals surface area contributed by atoms with Gasteiger partial charge in [-0.05, 0) is 24.7 Å². The lowest BCUT2D eigenvalue weighted by molar-refractivity contribution is -0.144. The van der Waals surface area contributed by atoms with Crippen LogP contribution in [-0.4, -0.2) is 34.1 Å². The van der Waals surface area contributed by atoms with Crippen LogP contribution in [0.15, 0.2) is 0 Å². The minimum atomic E-state index is -1.07. The quantitative estimate of drug-likeness (QED) is 0.604. The van der Waals surface area contributed by atoms with E-state index in [1.807, 2.05) is 13.8 Å². The van der Waals surface area contributed by atoms with E-state index in [9.17, 15) is 19.5 Å². The number of hydrogen-bond acceptors (Lipinski definition) is 3. The fourth-order valence-corrected chi connectivity index (χ4v) is 3.30. The van der Waals surface area contributed by atoms with Crippen LogP contribution in [0.2, 0.25) is 0 Å². The van der Waals surface area contributed by atoms with Crippen molar-refractivity contribution >= 4 is 17.8 Å². The molecule has 0 saturated heterocycles. The zero-order chi connectivity index (χ0) is 17.4. The van der Waals surface area contributed by atoms with E-state index < -0.39 is 29.8 Å². The van der Waals surface area contributed by atoms with Gasteiger partial charge in [0.1, 0.15) is 6.04 Å². The highest BCUT2D eigenvalue weighted by atomic mass is 16.4. The molecule has 6 nitrogen and oxygen atoms in total. The Kier molecular flexibility index (Phi) is 8.06. The molecular weight excluding hydrogens is 298 g/mol. The van der Waals surface area contributed by atoms with Gasteiger partial charge in [0, 0.05) is 5.92 Å². The van der Waals surface area contributed by atoms with Crippen LogP contribution in [0.5, 0.6) is 0 Å². The van der Waals surface area contributed by atoms with Crippen LogP contribution < -0.4 is 5.32 Å². The van der Waals surface area contributed by atoms with Gasteiger partial charge in [-0.2, -0.15) is 0 Å². The van der Waals surface area contributed by atoms with Crippen LogP contribution in [-0.2, 0) is 14.4 Å². The van der Waals surface area contributed by atoms with E-state index in [2.05, 4.69) is 5.32 Å². The summed E-state index contributed by atoms with van der Waals surface area (Å²) < 4.78 is 0. The molecule has 1 amide bonds. The summed E-state index contributed by atoms with van der Waals surface area (Å²) in [7, 11) is 0. The minimum Gasteiger partial charge on any atom is -0.481 e. The maximum atomic E-state index is 12.4. The van der Waals surface area contributed by atoms with E-state index in [0.29, 0.717) is 18.8 Å². The van der Waals surface area contributed by atoms with E-state index in [0.717, 1.165) is 25.7 Å². The Labute approximate surface area is 137 Å². The van der Waals surface area contributed by atoms with Gasteiger partial charge in [0.15, 0.2) is 0 Å². The van der Waals surface area contributed by atoms with Crippen molar-refractivity contribution in [2.75, 3.05) is 0 Å². The third-order valence-electron chi connectivity index (χ3n) is 4.46. The molecule has 0 bridgehead atoms. The van der Waals surface area contributed by atoms with Crippen molar-refractivity contribution in [1.82, 2.24) is 5.32 Å². The van der Waals surface area contributed by atoms with Gasteiger partial charge in [-0.25, -0.2) is 4.79 Å². The monoisotopic (exact) mass is 327 g/mol. The maximum absolute atomic E-state index is 12.4. The van der Waals surface area contributed by atoms with Crippen molar-refractivity contribution in [1.29, 1.82) is 0 Å². The average molecular weight is 327 g/mol. The number of carbonyl (C=O) groups is 3. The van der Waals surface area contributed by atoms with Crippen LogP contribution in [0.1, 0.15) is 65.2 Å². The summed E-state index contributed by atoms with van der Waals surface area (Å²) in [6.45, 7) is 3.78. The second-order valence-corrected chi connectivity index (χ2v) is 7.06. The van der Waals surface area contributed by atoms with E-state index in [1.165, 1.54) is 6.42 Å². The highest BCUT2D eigenvalue weighted by Crippen LogP contribution is 2.30. The summed E-state index contributed by atoms with van der Waals surface area (Å²) >= 11 is 0. The van der Waals surface area contributed by atoms with Crippen molar-refractivity contribution in [3.63, 3.8) is 0 Å². The number of carboxylic acid groups (broad SMARTS) is 2. The standard InChI is InChI=1S/C17H29NO5/c1-11(2)8-14(17(22)23)18-16(21)13(10-15(19)20)9-12-6-4-3-5-7-12/h11-14H,3-10H2,1-2H3,(H,18,21)(H,19,20)(H,22,23)/t13?,14-/m0/s1. The third kappa shape index (κ3) is 7.48. The first-order valence-electron chi connectivity index (χ1n) is 8.54. The number of amides is 1. The number of carbonyl (C=O) groups excluding carboxylic acids is 1. The van der Waals surface area contributed by atoms with Crippen molar-refractivity contribution in [3.05, 3.63) is 0 Å². The lowest BCUT2D eigenvalue weighted by Gasteiger charge is -2.26. The molecular formula is C17H29NO5. The predicted octanol–water partition coefficient (Wildman–Crippen LogP) is 2.66. The van der Waals surface area contributed by atoms with Crippen LogP contribution >= 0.6 is 0 Å². The van der Waals surface area contributed by atoms with Crippen LogP contribution in [0, 0.1) is 17.8 Å². The molecule has 0 radical (unpaired) electrons. The highest BCUT2D eigenvalue weighted by Gasteiger charge is 2.29. The van der Waals surface area contributed by atoms with Crippen molar-refractivity contribution < 1.29 is 24.6 Å². The molecule has 132 valence electrons. The Balaban J connectivity index is 2.68. The summed E-state index contributed by atoms with van der Waals surface area (Å²) in [5.74, 6) is -2.67. The molecule has 0 aromatic carbocycles. The number of aliphatic carboxylic acids is 2. The predicted molar refractivity (Wildman–Crippen MR) is 86.0 cm³/mol. The molecule has 1 saturated carbocycles. The molecule has 1 rings (SSSR count). The fraction of sp³-hybridized carbons (Fsp3) is 0.824. The lowest BCUT2D eigenvalue weighted by Crippen LogP contribution is -2.45. The highest BCUT2D eigenvalue weighted by molar-refractivity contribution is 5.87. The second-order valence-electron chi connectivity index (χ2n) is 7.06. The zero-order valence-electron chi connectivity index (χ0n) is 14.1. The number of rotatable bonds is 9. The molecule has 1 aliphatic rings. The molecule has 1 unspecified atom stereocenters. The molecule has 1 aliphatic carbocycles. The number of hydrogen-bond donors (Lipinski definition) is 3. The second kappa shape index (κ2) is 9.53. The molecule has 0 aromatic heterocycles. The molecule has 6 heteroatoms. The Hall–Kier alpha value is -1.59. The molecule has 2 atom stereocenters. The Bertz CT molecular complexity index is 415. The summed E-state index contributed by atoms with van der Waals surface area (Å²) in [5.41, 5.74) is 0. The summed E-state index contributed by atoms with van der Waals surface area (Å²) in [5, 5.41) is 20.8. The van der Waals surface area contributed by atoms with Crippen LogP contribution in [0.3, 0.4) is 0 Å². The van der Waals surface area contributed by atoms with Crippen molar-refractivity contribution in [2.24, 2.45) is 17.8 Å². The van der Waals surface area contributed by atoms with Gasteiger partial charge in [0.25, 0.3) is 0 Å². The van der Waals surface area contributed by atoms with Crippen LogP contribution in [0.25, 0.3) is 0 Å². The topological polar surface area (TPSA) is 104 Å². The molecule has 0 aromatic rings. The Morgan fingerprint density at radius 2 is 1.70 bits per heavy atom. The normalized spacial score (nSPS) is 18.4. The Morgan fingerprint density at radius 1 is 1.09 bits per heavy atom. The van der Waals surface area contributed by atoms with E-state index in [4.69, 9.17) is 5.11 Å². The minimum absolute atomic E-state index is 0.132. The van der Waals surface area contributed by atoms with E-state index in [-0.39, 0.29) is 12.3 Å². The first kappa shape index (κ1) is 19.5. The summed E-state index contributed by atoms with van der Waals surface area (Å²) in [6.07, 6.45) is 6.12. The molecule has 0 heterocycles. The fourth-order valence-electron chi connectivity index (χ4n) is 3.30. The largest absolute Gasteiger partial charge is 0.481 e. The number of nitrogens with one attached hydrogen (secondary N) is 1. The van der Waals surface area contributed by atoms with Gasteiger partial charge >= 0.3 is 11.9 Å². The van der Waals surface area contributed by atoms with Gasteiger partial charge in [0.2, 0.25) is 5.91 Å². The first-order chi connectivity index (χ1) is 10.8. The van der Waals surface area contributed by atoms with Crippen molar-refractivity contribution in [2.45, 2.75) is 71.3 Å². The van der Waals surface area contributed by atoms with E-state index >= 15 is 0 Å². The molecule has 23 heavy (non-hydrogen) atoms. The number of carboxylic acids is 2. The van der Waals surface area contributed by atoms with Crippen molar-refractivity contribution in [3.8, 4) is 0 Å².